The number of fused-ring (bicyclic) bond motifs is 1. The molecular formula is C29H32ClNO3S. The van der Waals surface area contributed by atoms with Gasteiger partial charge in [0.15, 0.2) is 0 Å². The van der Waals surface area contributed by atoms with E-state index in [1.54, 1.807) is 25.6 Å². The molecule has 0 amide bonds. The molecular weight excluding hydrogens is 478 g/mol. The topological polar surface area (TPSA) is 30.9 Å². The summed E-state index contributed by atoms with van der Waals surface area (Å²) in [6, 6.07) is 23.1. The quantitative estimate of drug-likeness (QED) is 0.218. The molecule has 184 valence electrons. The average molecular weight is 510 g/mol. The predicted molar refractivity (Wildman–Crippen MR) is 149 cm³/mol. The number of nitrogens with zero attached hydrogens (tertiary/aromatic N) is 1. The third-order valence-corrected chi connectivity index (χ3v) is 7.66. The molecule has 4 aromatic rings. The van der Waals surface area contributed by atoms with Crippen molar-refractivity contribution in [2.75, 3.05) is 40.5 Å². The molecule has 0 bridgehead atoms. The van der Waals surface area contributed by atoms with Crippen LogP contribution in [0.15, 0.2) is 66.7 Å². The SMILES string of the molecule is COc1ccc(-c2sc3cc(OC)ccc3c2-c2cccc(OCCCN3CCCC3)c2)cc1.Cl. The standard InChI is InChI=1S/C29H31NO3S.ClH/c1-31-23-11-9-21(10-12-23)29-28(26-14-13-24(32-2)20-27(26)34-29)22-7-5-8-25(19-22)33-18-6-17-30-15-3-4-16-30;/h5,7-14,19-20H,3-4,6,15-18H2,1-2H3;1H. The lowest BCUT2D eigenvalue weighted by Gasteiger charge is -2.15. The van der Waals surface area contributed by atoms with Crippen LogP contribution in [0.1, 0.15) is 19.3 Å². The maximum atomic E-state index is 6.17. The zero-order valence-electron chi connectivity index (χ0n) is 20.3. The van der Waals surface area contributed by atoms with Gasteiger partial charge in [-0.25, -0.2) is 0 Å². The van der Waals surface area contributed by atoms with Crippen LogP contribution in [-0.4, -0.2) is 45.4 Å². The summed E-state index contributed by atoms with van der Waals surface area (Å²) in [5.74, 6) is 2.65. The van der Waals surface area contributed by atoms with Crippen LogP contribution in [0.2, 0.25) is 0 Å². The first-order chi connectivity index (χ1) is 16.7. The molecule has 1 aliphatic heterocycles. The molecule has 1 fully saturated rings. The Morgan fingerprint density at radius 2 is 1.54 bits per heavy atom. The van der Waals surface area contributed by atoms with Crippen LogP contribution in [0.5, 0.6) is 17.2 Å². The van der Waals surface area contributed by atoms with E-state index in [1.165, 1.54) is 57.6 Å². The summed E-state index contributed by atoms with van der Waals surface area (Å²) in [6.45, 7) is 4.34. The van der Waals surface area contributed by atoms with Crippen molar-refractivity contribution in [2.24, 2.45) is 0 Å². The number of rotatable bonds is 9. The summed E-state index contributed by atoms with van der Waals surface area (Å²) in [4.78, 5) is 3.77. The molecule has 0 atom stereocenters. The number of hydrogen-bond acceptors (Lipinski definition) is 5. The number of likely N-dealkylation sites (tertiary alicyclic amines) is 1. The first-order valence-corrected chi connectivity index (χ1v) is 12.8. The van der Waals surface area contributed by atoms with Crippen LogP contribution in [-0.2, 0) is 0 Å². The molecule has 1 aromatic heterocycles. The normalized spacial score (nSPS) is 13.5. The fraction of sp³-hybridized carbons (Fsp3) is 0.310. The van der Waals surface area contributed by atoms with E-state index < -0.39 is 0 Å². The van der Waals surface area contributed by atoms with E-state index in [4.69, 9.17) is 14.2 Å². The lowest BCUT2D eigenvalue weighted by Crippen LogP contribution is -2.21. The maximum absolute atomic E-state index is 6.17. The van der Waals surface area contributed by atoms with Gasteiger partial charge in [-0.05, 0) is 98.1 Å². The minimum atomic E-state index is 0. The van der Waals surface area contributed by atoms with Gasteiger partial charge >= 0.3 is 0 Å². The smallest absolute Gasteiger partial charge is 0.120 e. The molecule has 1 saturated heterocycles. The Hall–Kier alpha value is -2.73. The van der Waals surface area contributed by atoms with E-state index in [0.29, 0.717) is 0 Å². The monoisotopic (exact) mass is 509 g/mol. The van der Waals surface area contributed by atoms with E-state index in [1.807, 2.05) is 18.2 Å². The van der Waals surface area contributed by atoms with Crippen molar-refractivity contribution in [3.63, 3.8) is 0 Å². The molecule has 0 saturated carbocycles. The lowest BCUT2D eigenvalue weighted by atomic mass is 9.98. The Kier molecular flexibility index (Phi) is 8.55. The Labute approximate surface area is 217 Å². The van der Waals surface area contributed by atoms with Crippen molar-refractivity contribution in [1.29, 1.82) is 0 Å². The molecule has 0 spiro atoms. The first kappa shape index (κ1) is 25.4. The van der Waals surface area contributed by atoms with Crippen molar-refractivity contribution >= 4 is 33.8 Å². The third-order valence-electron chi connectivity index (χ3n) is 6.46. The van der Waals surface area contributed by atoms with E-state index >= 15 is 0 Å². The largest absolute Gasteiger partial charge is 0.497 e. The Bertz CT molecular complexity index is 1250. The summed E-state index contributed by atoms with van der Waals surface area (Å²) in [6.07, 6.45) is 3.72. The molecule has 2 heterocycles. The van der Waals surface area contributed by atoms with Crippen LogP contribution < -0.4 is 14.2 Å². The second kappa shape index (κ2) is 11.8. The van der Waals surface area contributed by atoms with E-state index in [-0.39, 0.29) is 12.4 Å². The summed E-state index contributed by atoms with van der Waals surface area (Å²) in [7, 11) is 3.41. The van der Waals surface area contributed by atoms with Gasteiger partial charge in [-0.1, -0.05) is 12.1 Å². The summed E-state index contributed by atoms with van der Waals surface area (Å²) < 4.78 is 18.2. The highest BCUT2D eigenvalue weighted by Gasteiger charge is 2.17. The summed E-state index contributed by atoms with van der Waals surface area (Å²) in [5.41, 5.74) is 3.57. The van der Waals surface area contributed by atoms with Crippen LogP contribution in [0, 0.1) is 0 Å². The molecule has 3 aromatic carbocycles. The highest BCUT2D eigenvalue weighted by Crippen LogP contribution is 2.46. The Morgan fingerprint density at radius 3 is 2.29 bits per heavy atom. The number of methoxy groups -OCH3 is 2. The van der Waals surface area contributed by atoms with Crippen molar-refractivity contribution < 1.29 is 14.2 Å². The Balaban J connectivity index is 0.00000289. The van der Waals surface area contributed by atoms with Gasteiger partial charge in [0.1, 0.15) is 17.2 Å². The van der Waals surface area contributed by atoms with Gasteiger partial charge in [0.25, 0.3) is 0 Å². The Morgan fingerprint density at radius 1 is 0.800 bits per heavy atom. The van der Waals surface area contributed by atoms with Crippen LogP contribution in [0.25, 0.3) is 31.7 Å². The van der Waals surface area contributed by atoms with Crippen LogP contribution in [0.3, 0.4) is 0 Å². The second-order valence-electron chi connectivity index (χ2n) is 8.68. The number of halogens is 1. The fourth-order valence-electron chi connectivity index (χ4n) is 4.66. The number of benzene rings is 3. The van der Waals surface area contributed by atoms with Gasteiger partial charge in [-0.2, -0.15) is 0 Å². The van der Waals surface area contributed by atoms with Crippen molar-refractivity contribution in [3.05, 3.63) is 66.7 Å². The van der Waals surface area contributed by atoms with Gasteiger partial charge < -0.3 is 19.1 Å². The van der Waals surface area contributed by atoms with Gasteiger partial charge in [-0.15, -0.1) is 23.7 Å². The average Bonchev–Trinajstić information content (AvgIpc) is 3.54. The minimum absolute atomic E-state index is 0. The summed E-state index contributed by atoms with van der Waals surface area (Å²) >= 11 is 1.79. The number of ether oxygens (including phenoxy) is 3. The molecule has 0 N–H and O–H groups in total. The molecule has 0 unspecified atom stereocenters. The second-order valence-corrected chi connectivity index (χ2v) is 9.73. The number of thiophene rings is 1. The van der Waals surface area contributed by atoms with Crippen molar-refractivity contribution in [3.8, 4) is 38.8 Å². The van der Waals surface area contributed by atoms with Gasteiger partial charge in [0.05, 0.1) is 20.8 Å². The van der Waals surface area contributed by atoms with Crippen LogP contribution in [0.4, 0.5) is 0 Å². The third kappa shape index (κ3) is 5.75. The van der Waals surface area contributed by atoms with Gasteiger partial charge in [-0.3, -0.25) is 0 Å². The minimum Gasteiger partial charge on any atom is -0.497 e. The van der Waals surface area contributed by atoms with E-state index in [9.17, 15) is 0 Å². The molecule has 6 heteroatoms. The first-order valence-electron chi connectivity index (χ1n) is 12.0. The number of hydrogen-bond donors (Lipinski definition) is 0. The highest BCUT2D eigenvalue weighted by molar-refractivity contribution is 7.23. The van der Waals surface area contributed by atoms with Gasteiger partial charge in [0, 0.05) is 27.1 Å². The molecule has 1 aliphatic rings. The molecule has 0 radical (unpaired) electrons. The summed E-state index contributed by atoms with van der Waals surface area (Å²) in [5, 5.41) is 1.22. The van der Waals surface area contributed by atoms with Crippen molar-refractivity contribution in [2.45, 2.75) is 19.3 Å². The highest BCUT2D eigenvalue weighted by atomic mass is 35.5. The zero-order valence-corrected chi connectivity index (χ0v) is 21.9. The van der Waals surface area contributed by atoms with Crippen LogP contribution >= 0.6 is 23.7 Å². The lowest BCUT2D eigenvalue weighted by molar-refractivity contribution is 0.263. The molecule has 5 rings (SSSR count). The molecule has 4 nitrogen and oxygen atoms in total. The molecule has 0 aliphatic carbocycles. The van der Waals surface area contributed by atoms with Gasteiger partial charge in [0.2, 0.25) is 0 Å². The van der Waals surface area contributed by atoms with E-state index in [2.05, 4.69) is 53.4 Å². The predicted octanol–water partition coefficient (Wildman–Crippen LogP) is 7.54. The molecule has 35 heavy (non-hydrogen) atoms. The zero-order chi connectivity index (χ0) is 23.3. The maximum Gasteiger partial charge on any atom is 0.120 e. The fourth-order valence-corrected chi connectivity index (χ4v) is 5.92. The van der Waals surface area contributed by atoms with E-state index in [0.717, 1.165) is 36.8 Å². The van der Waals surface area contributed by atoms with Crippen molar-refractivity contribution in [1.82, 2.24) is 4.90 Å².